The average molecular weight is 388 g/mol. The number of benzene rings is 3. The Balaban J connectivity index is 1.51. The smallest absolute Gasteiger partial charge is 0.258 e. The molecule has 0 aliphatic heterocycles. The zero-order valence-electron chi connectivity index (χ0n) is 16.4. The predicted octanol–water partition coefficient (Wildman–Crippen LogP) is 3.33. The Hall–Kier alpha value is -3.60. The monoisotopic (exact) mass is 388 g/mol. The molecule has 0 saturated heterocycles. The molecule has 0 heterocycles. The zero-order chi connectivity index (χ0) is 20.5. The van der Waals surface area contributed by atoms with E-state index in [1.54, 1.807) is 19.2 Å². The molecule has 3 aromatic carbocycles. The second-order valence-corrected chi connectivity index (χ2v) is 6.61. The van der Waals surface area contributed by atoms with E-state index < -0.39 is 0 Å². The number of carbonyl (C=O) groups excluding carboxylic acids is 2. The summed E-state index contributed by atoms with van der Waals surface area (Å²) in [6, 6.07) is 25.0. The summed E-state index contributed by atoms with van der Waals surface area (Å²) < 4.78 is 5.76. The third-order valence-corrected chi connectivity index (χ3v) is 4.50. The van der Waals surface area contributed by atoms with Gasteiger partial charge in [-0.05, 0) is 34.9 Å². The number of hydrogen-bond acceptors (Lipinski definition) is 3. The first-order valence-corrected chi connectivity index (χ1v) is 9.48. The van der Waals surface area contributed by atoms with Crippen molar-refractivity contribution in [3.8, 4) is 5.75 Å². The van der Waals surface area contributed by atoms with E-state index in [2.05, 4.69) is 22.8 Å². The first-order valence-electron chi connectivity index (χ1n) is 9.48. The van der Waals surface area contributed by atoms with E-state index in [0.717, 1.165) is 17.5 Å². The first-order chi connectivity index (χ1) is 14.2. The minimum Gasteiger partial charge on any atom is -0.483 e. The van der Waals surface area contributed by atoms with Crippen molar-refractivity contribution >= 4 is 11.8 Å². The number of amides is 2. The zero-order valence-corrected chi connectivity index (χ0v) is 16.4. The standard InChI is InChI=1S/C24H24N2O3/c1-25-24(28)20-13-11-19(12-14-20)16-26-23(27)17-29-22-10-6-5-9-21(22)15-18-7-3-2-4-8-18/h2-14H,15-17H2,1H3,(H,25,28)(H,26,27). The summed E-state index contributed by atoms with van der Waals surface area (Å²) in [7, 11) is 1.59. The molecular weight excluding hydrogens is 364 g/mol. The van der Waals surface area contributed by atoms with Gasteiger partial charge < -0.3 is 15.4 Å². The molecule has 0 aliphatic rings. The van der Waals surface area contributed by atoms with Crippen LogP contribution in [0.1, 0.15) is 27.0 Å². The molecule has 0 atom stereocenters. The molecule has 0 unspecified atom stereocenters. The van der Waals surface area contributed by atoms with Gasteiger partial charge in [0.25, 0.3) is 11.8 Å². The summed E-state index contributed by atoms with van der Waals surface area (Å²) in [5.74, 6) is 0.375. The van der Waals surface area contributed by atoms with Gasteiger partial charge in [-0.3, -0.25) is 9.59 Å². The molecule has 2 N–H and O–H groups in total. The largest absolute Gasteiger partial charge is 0.483 e. The van der Waals surface area contributed by atoms with Gasteiger partial charge in [-0.25, -0.2) is 0 Å². The highest BCUT2D eigenvalue weighted by molar-refractivity contribution is 5.93. The van der Waals surface area contributed by atoms with Gasteiger partial charge in [-0.15, -0.1) is 0 Å². The lowest BCUT2D eigenvalue weighted by Gasteiger charge is -2.12. The van der Waals surface area contributed by atoms with Crippen molar-refractivity contribution in [3.63, 3.8) is 0 Å². The summed E-state index contributed by atoms with van der Waals surface area (Å²) in [6.07, 6.45) is 0.746. The van der Waals surface area contributed by atoms with E-state index in [9.17, 15) is 9.59 Å². The van der Waals surface area contributed by atoms with Crippen molar-refractivity contribution < 1.29 is 14.3 Å². The topological polar surface area (TPSA) is 67.4 Å². The summed E-state index contributed by atoms with van der Waals surface area (Å²) in [4.78, 5) is 23.7. The molecule has 0 spiro atoms. The second-order valence-electron chi connectivity index (χ2n) is 6.61. The van der Waals surface area contributed by atoms with E-state index in [-0.39, 0.29) is 18.4 Å². The quantitative estimate of drug-likeness (QED) is 0.622. The number of nitrogens with one attached hydrogen (secondary N) is 2. The summed E-state index contributed by atoms with van der Waals surface area (Å²) in [5.41, 5.74) is 3.72. The van der Waals surface area contributed by atoms with Gasteiger partial charge in [0.1, 0.15) is 5.75 Å². The van der Waals surface area contributed by atoms with Crippen LogP contribution in [0.4, 0.5) is 0 Å². The fraction of sp³-hybridized carbons (Fsp3) is 0.167. The third-order valence-electron chi connectivity index (χ3n) is 4.50. The maximum atomic E-state index is 12.2. The normalized spacial score (nSPS) is 10.2. The highest BCUT2D eigenvalue weighted by atomic mass is 16.5. The van der Waals surface area contributed by atoms with E-state index in [0.29, 0.717) is 17.9 Å². The molecule has 0 aliphatic carbocycles. The lowest BCUT2D eigenvalue weighted by Crippen LogP contribution is -2.28. The molecule has 148 valence electrons. The molecule has 0 saturated carbocycles. The van der Waals surface area contributed by atoms with Gasteiger partial charge in [0.15, 0.2) is 6.61 Å². The van der Waals surface area contributed by atoms with Crippen molar-refractivity contribution in [2.75, 3.05) is 13.7 Å². The van der Waals surface area contributed by atoms with Crippen LogP contribution >= 0.6 is 0 Å². The molecule has 3 aromatic rings. The lowest BCUT2D eigenvalue weighted by atomic mass is 10.0. The van der Waals surface area contributed by atoms with Crippen molar-refractivity contribution in [1.82, 2.24) is 10.6 Å². The van der Waals surface area contributed by atoms with E-state index >= 15 is 0 Å². The van der Waals surface area contributed by atoms with Crippen LogP contribution in [-0.2, 0) is 17.8 Å². The van der Waals surface area contributed by atoms with E-state index in [1.165, 1.54) is 5.56 Å². The Kier molecular flexibility index (Phi) is 7.00. The molecule has 0 aromatic heterocycles. The average Bonchev–Trinajstić information content (AvgIpc) is 2.77. The molecule has 0 fully saturated rings. The predicted molar refractivity (Wildman–Crippen MR) is 113 cm³/mol. The van der Waals surface area contributed by atoms with Crippen LogP contribution in [0.25, 0.3) is 0 Å². The molecular formula is C24H24N2O3. The van der Waals surface area contributed by atoms with E-state index in [4.69, 9.17) is 4.74 Å². The highest BCUT2D eigenvalue weighted by Gasteiger charge is 2.08. The third kappa shape index (κ3) is 5.94. The van der Waals surface area contributed by atoms with Crippen LogP contribution in [0.2, 0.25) is 0 Å². The number of ether oxygens (including phenoxy) is 1. The van der Waals surface area contributed by atoms with Crippen LogP contribution < -0.4 is 15.4 Å². The minimum atomic E-state index is -0.199. The summed E-state index contributed by atoms with van der Waals surface area (Å²) >= 11 is 0. The van der Waals surface area contributed by atoms with Crippen LogP contribution in [0.5, 0.6) is 5.75 Å². The molecule has 2 amide bonds. The molecule has 5 nitrogen and oxygen atoms in total. The first kappa shape index (κ1) is 20.1. The van der Waals surface area contributed by atoms with Gasteiger partial charge in [0.05, 0.1) is 0 Å². The van der Waals surface area contributed by atoms with Crippen molar-refractivity contribution in [2.24, 2.45) is 0 Å². The number of carbonyl (C=O) groups is 2. The Labute approximate surface area is 170 Å². The Morgan fingerprint density at radius 3 is 2.24 bits per heavy atom. The molecule has 5 heteroatoms. The SMILES string of the molecule is CNC(=O)c1ccc(CNC(=O)COc2ccccc2Cc2ccccc2)cc1. The minimum absolute atomic E-state index is 0.0534. The van der Waals surface area contributed by atoms with Gasteiger partial charge in [0.2, 0.25) is 0 Å². The highest BCUT2D eigenvalue weighted by Crippen LogP contribution is 2.21. The van der Waals surface area contributed by atoms with Crippen molar-refractivity contribution in [3.05, 3.63) is 101 Å². The number of para-hydroxylation sites is 1. The van der Waals surface area contributed by atoms with Crippen LogP contribution in [0.15, 0.2) is 78.9 Å². The maximum Gasteiger partial charge on any atom is 0.258 e. The Bertz CT molecular complexity index is 953. The van der Waals surface area contributed by atoms with Gasteiger partial charge in [-0.2, -0.15) is 0 Å². The van der Waals surface area contributed by atoms with Crippen molar-refractivity contribution in [2.45, 2.75) is 13.0 Å². The van der Waals surface area contributed by atoms with Crippen LogP contribution in [0.3, 0.4) is 0 Å². The Morgan fingerprint density at radius 2 is 1.52 bits per heavy atom. The number of rotatable bonds is 8. The molecule has 0 bridgehead atoms. The van der Waals surface area contributed by atoms with E-state index in [1.807, 2.05) is 54.6 Å². The number of hydrogen-bond donors (Lipinski definition) is 2. The van der Waals surface area contributed by atoms with Gasteiger partial charge in [-0.1, -0.05) is 60.7 Å². The fourth-order valence-electron chi connectivity index (χ4n) is 2.92. The molecule has 0 radical (unpaired) electrons. The van der Waals surface area contributed by atoms with Crippen LogP contribution in [0, 0.1) is 0 Å². The van der Waals surface area contributed by atoms with Crippen LogP contribution in [-0.4, -0.2) is 25.5 Å². The molecule has 3 rings (SSSR count). The summed E-state index contributed by atoms with van der Waals surface area (Å²) in [6.45, 7) is 0.323. The summed E-state index contributed by atoms with van der Waals surface area (Å²) in [5, 5.41) is 5.41. The molecule has 29 heavy (non-hydrogen) atoms. The van der Waals surface area contributed by atoms with Gasteiger partial charge in [0, 0.05) is 25.6 Å². The van der Waals surface area contributed by atoms with Crippen molar-refractivity contribution in [1.29, 1.82) is 0 Å². The Morgan fingerprint density at radius 1 is 0.828 bits per heavy atom. The fourth-order valence-corrected chi connectivity index (χ4v) is 2.92. The van der Waals surface area contributed by atoms with Gasteiger partial charge >= 0.3 is 0 Å². The maximum absolute atomic E-state index is 12.2. The lowest BCUT2D eigenvalue weighted by molar-refractivity contribution is -0.123. The second kappa shape index (κ2) is 10.1.